The lowest BCUT2D eigenvalue weighted by molar-refractivity contribution is 0.0497. The minimum Gasteiger partial charge on any atom is -0.444 e. The fraction of sp³-hybridized carbons (Fsp3) is 0.481. The number of benzene rings is 1. The van der Waals surface area contributed by atoms with E-state index in [1.807, 2.05) is 39.0 Å². The zero-order valence-electron chi connectivity index (χ0n) is 21.0. The molecule has 1 fully saturated rings. The third-order valence-corrected chi connectivity index (χ3v) is 6.53. The Balaban J connectivity index is 1.84. The third-order valence-electron chi connectivity index (χ3n) is 5.73. The highest BCUT2D eigenvalue weighted by Gasteiger charge is 2.25. The minimum absolute atomic E-state index is 0.0311. The van der Waals surface area contributed by atoms with E-state index in [-0.39, 0.29) is 6.04 Å². The van der Waals surface area contributed by atoms with Gasteiger partial charge in [-0.1, -0.05) is 19.9 Å². The van der Waals surface area contributed by atoms with Crippen LogP contribution >= 0.6 is 15.9 Å². The molecule has 1 aliphatic heterocycles. The van der Waals surface area contributed by atoms with Gasteiger partial charge in [0.2, 0.25) is 0 Å². The first-order valence-corrected chi connectivity index (χ1v) is 12.7. The second-order valence-electron chi connectivity index (χ2n) is 10.3. The zero-order valence-corrected chi connectivity index (χ0v) is 22.6. The maximum Gasteiger partial charge on any atom is 0.407 e. The SMILES string of the molecule is CC(C)Cc1cc(-c2nc(N3CCC(NC(=O)OC(C)(C)C)CC3)cc(C#N)c2Br)ccc1C#N. The molecular weight excluding hydrogens is 506 g/mol. The van der Waals surface area contributed by atoms with Crippen molar-refractivity contribution in [2.75, 3.05) is 18.0 Å². The van der Waals surface area contributed by atoms with E-state index in [1.165, 1.54) is 0 Å². The van der Waals surface area contributed by atoms with Crippen molar-refractivity contribution in [1.82, 2.24) is 10.3 Å². The number of nitrogens with one attached hydrogen (secondary N) is 1. The number of anilines is 1. The lowest BCUT2D eigenvalue weighted by Gasteiger charge is -2.34. The first-order chi connectivity index (χ1) is 16.5. The van der Waals surface area contributed by atoms with Gasteiger partial charge in [-0.15, -0.1) is 0 Å². The zero-order chi connectivity index (χ0) is 25.8. The normalized spacial score (nSPS) is 14.4. The average molecular weight is 538 g/mol. The van der Waals surface area contributed by atoms with Gasteiger partial charge in [0.25, 0.3) is 0 Å². The van der Waals surface area contributed by atoms with Gasteiger partial charge in [-0.3, -0.25) is 0 Å². The van der Waals surface area contributed by atoms with Gasteiger partial charge in [0, 0.05) is 24.7 Å². The number of pyridine rings is 1. The molecule has 1 amide bonds. The lowest BCUT2D eigenvalue weighted by atomic mass is 9.95. The van der Waals surface area contributed by atoms with E-state index in [4.69, 9.17) is 9.72 Å². The summed E-state index contributed by atoms with van der Waals surface area (Å²) in [5.74, 6) is 1.13. The predicted octanol–water partition coefficient (Wildman–Crippen LogP) is 5.95. The Hall–Kier alpha value is -3.10. The molecule has 0 radical (unpaired) electrons. The molecule has 2 aromatic rings. The molecule has 184 valence electrons. The molecule has 0 unspecified atom stereocenters. The molecule has 2 heterocycles. The van der Waals surface area contributed by atoms with Crippen LogP contribution in [0.15, 0.2) is 28.7 Å². The van der Waals surface area contributed by atoms with Gasteiger partial charge in [0.1, 0.15) is 17.5 Å². The Kier molecular flexibility index (Phi) is 8.40. The third kappa shape index (κ3) is 6.96. The number of halogens is 1. The molecule has 0 saturated carbocycles. The fourth-order valence-electron chi connectivity index (χ4n) is 4.14. The van der Waals surface area contributed by atoms with Crippen molar-refractivity contribution in [2.24, 2.45) is 5.92 Å². The lowest BCUT2D eigenvalue weighted by Crippen LogP contribution is -2.46. The van der Waals surface area contributed by atoms with Crippen LogP contribution in [-0.2, 0) is 11.2 Å². The average Bonchev–Trinajstić information content (AvgIpc) is 2.78. The van der Waals surface area contributed by atoms with Gasteiger partial charge in [0.05, 0.1) is 27.4 Å². The Morgan fingerprint density at radius 1 is 1.20 bits per heavy atom. The van der Waals surface area contributed by atoms with E-state index in [9.17, 15) is 15.3 Å². The minimum atomic E-state index is -0.531. The summed E-state index contributed by atoms with van der Waals surface area (Å²) in [6.07, 6.45) is 1.90. The number of nitriles is 2. The van der Waals surface area contributed by atoms with E-state index in [0.29, 0.717) is 40.3 Å². The van der Waals surface area contributed by atoms with Crippen LogP contribution < -0.4 is 10.2 Å². The molecule has 35 heavy (non-hydrogen) atoms. The van der Waals surface area contributed by atoms with E-state index >= 15 is 0 Å². The van der Waals surface area contributed by atoms with Crippen LogP contribution in [0, 0.1) is 28.6 Å². The van der Waals surface area contributed by atoms with E-state index in [2.05, 4.69) is 52.1 Å². The maximum atomic E-state index is 12.1. The number of nitrogens with zero attached hydrogens (tertiary/aromatic N) is 4. The first-order valence-electron chi connectivity index (χ1n) is 11.9. The van der Waals surface area contributed by atoms with Crippen LogP contribution in [-0.4, -0.2) is 35.8 Å². The monoisotopic (exact) mass is 537 g/mol. The number of amides is 1. The van der Waals surface area contributed by atoms with Crippen molar-refractivity contribution < 1.29 is 9.53 Å². The molecule has 1 aromatic carbocycles. The topological polar surface area (TPSA) is 102 Å². The summed E-state index contributed by atoms with van der Waals surface area (Å²) in [4.78, 5) is 19.2. The number of aromatic nitrogens is 1. The number of alkyl carbamates (subject to hydrolysis) is 1. The molecule has 0 atom stereocenters. The molecule has 0 spiro atoms. The highest BCUT2D eigenvalue weighted by atomic mass is 79.9. The maximum absolute atomic E-state index is 12.1. The summed E-state index contributed by atoms with van der Waals surface area (Å²) in [7, 11) is 0. The van der Waals surface area contributed by atoms with Crippen LogP contribution in [0.3, 0.4) is 0 Å². The molecule has 1 aromatic heterocycles. The second-order valence-corrected chi connectivity index (χ2v) is 11.1. The van der Waals surface area contributed by atoms with Crippen molar-refractivity contribution >= 4 is 27.8 Å². The number of rotatable bonds is 5. The van der Waals surface area contributed by atoms with Crippen molar-refractivity contribution in [3.63, 3.8) is 0 Å². The Bertz CT molecular complexity index is 1170. The number of carbonyl (C=O) groups is 1. The van der Waals surface area contributed by atoms with Crippen molar-refractivity contribution in [3.8, 4) is 23.4 Å². The number of ether oxygens (including phenoxy) is 1. The largest absolute Gasteiger partial charge is 0.444 e. The highest BCUT2D eigenvalue weighted by molar-refractivity contribution is 9.10. The molecule has 8 heteroatoms. The standard InChI is InChI=1S/C27H32BrN5O2/c1-17(2)12-20-13-18(6-7-19(20)15-29)25-24(28)21(16-30)14-23(32-25)33-10-8-22(9-11-33)31-26(34)35-27(3,4)5/h6-7,13-14,17,22H,8-12H2,1-5H3,(H,31,34). The molecule has 3 rings (SSSR count). The number of piperidine rings is 1. The van der Waals surface area contributed by atoms with Crippen molar-refractivity contribution in [3.05, 3.63) is 45.4 Å². The quantitative estimate of drug-likeness (QED) is 0.505. The van der Waals surface area contributed by atoms with E-state index in [0.717, 1.165) is 36.2 Å². The van der Waals surface area contributed by atoms with Gasteiger partial charge in [-0.05, 0) is 85.6 Å². The highest BCUT2D eigenvalue weighted by Crippen LogP contribution is 2.34. The smallest absolute Gasteiger partial charge is 0.407 e. The van der Waals surface area contributed by atoms with Crippen molar-refractivity contribution in [2.45, 2.75) is 65.5 Å². The summed E-state index contributed by atoms with van der Waals surface area (Å²) in [5, 5.41) is 22.2. The molecule has 1 saturated heterocycles. The molecule has 1 N–H and O–H groups in total. The molecule has 7 nitrogen and oxygen atoms in total. The summed E-state index contributed by atoms with van der Waals surface area (Å²) < 4.78 is 6.02. The van der Waals surface area contributed by atoms with Gasteiger partial charge in [-0.25, -0.2) is 9.78 Å². The molecular formula is C27H32BrN5O2. The fourth-order valence-corrected chi connectivity index (χ4v) is 4.66. The van der Waals surface area contributed by atoms with Gasteiger partial charge < -0.3 is 15.0 Å². The predicted molar refractivity (Wildman–Crippen MR) is 140 cm³/mol. The summed E-state index contributed by atoms with van der Waals surface area (Å²) >= 11 is 3.58. The Labute approximate surface area is 216 Å². The van der Waals surface area contributed by atoms with Crippen LogP contribution in [0.25, 0.3) is 11.3 Å². The Morgan fingerprint density at radius 3 is 2.43 bits per heavy atom. The van der Waals surface area contributed by atoms with Crippen molar-refractivity contribution in [1.29, 1.82) is 10.5 Å². The summed E-state index contributed by atoms with van der Waals surface area (Å²) in [5.41, 5.74) is 3.17. The second kappa shape index (κ2) is 11.1. The Morgan fingerprint density at radius 2 is 1.86 bits per heavy atom. The molecule has 1 aliphatic rings. The van der Waals surface area contributed by atoms with Crippen LogP contribution in [0.1, 0.15) is 64.2 Å². The van der Waals surface area contributed by atoms with Crippen LogP contribution in [0.5, 0.6) is 0 Å². The summed E-state index contributed by atoms with van der Waals surface area (Å²) in [6.45, 7) is 11.2. The molecule has 0 bridgehead atoms. The van der Waals surface area contributed by atoms with E-state index < -0.39 is 11.7 Å². The van der Waals surface area contributed by atoms with E-state index in [1.54, 1.807) is 6.07 Å². The number of hydrogen-bond acceptors (Lipinski definition) is 6. The molecule has 0 aliphatic carbocycles. The van der Waals surface area contributed by atoms with Crippen LogP contribution in [0.2, 0.25) is 0 Å². The van der Waals surface area contributed by atoms with Gasteiger partial charge in [0.15, 0.2) is 0 Å². The van der Waals surface area contributed by atoms with Gasteiger partial charge >= 0.3 is 6.09 Å². The van der Waals surface area contributed by atoms with Gasteiger partial charge in [-0.2, -0.15) is 10.5 Å². The summed E-state index contributed by atoms with van der Waals surface area (Å²) in [6, 6.07) is 12.1. The number of carbonyl (C=O) groups excluding carboxylic acids is 1. The number of hydrogen-bond donors (Lipinski definition) is 1. The first kappa shape index (κ1) is 26.5. The van der Waals surface area contributed by atoms with Crippen LogP contribution in [0.4, 0.5) is 10.6 Å².